The molecule has 0 aromatic heterocycles. The smallest absolute Gasteiger partial charge is 0.117 e. The minimum atomic E-state index is -0.883. The first-order valence-corrected chi connectivity index (χ1v) is 9.36. The van der Waals surface area contributed by atoms with Crippen LogP contribution in [0.2, 0.25) is 0 Å². The van der Waals surface area contributed by atoms with E-state index in [9.17, 15) is 5.11 Å². The molecule has 0 aliphatic carbocycles. The molecule has 1 N–H and O–H groups in total. The van der Waals surface area contributed by atoms with E-state index in [1.165, 1.54) is 25.8 Å². The van der Waals surface area contributed by atoms with Crippen molar-refractivity contribution >= 4 is 0 Å². The van der Waals surface area contributed by atoms with Crippen molar-refractivity contribution in [2.45, 2.75) is 43.7 Å². The van der Waals surface area contributed by atoms with E-state index in [1.54, 1.807) is 0 Å². The van der Waals surface area contributed by atoms with Crippen molar-refractivity contribution in [2.24, 2.45) is 5.92 Å². The third kappa shape index (κ3) is 2.78. The quantitative estimate of drug-likeness (QED) is 0.916. The Morgan fingerprint density at radius 1 is 0.792 bits per heavy atom. The first kappa shape index (κ1) is 15.9. The summed E-state index contributed by atoms with van der Waals surface area (Å²) < 4.78 is 0. The summed E-state index contributed by atoms with van der Waals surface area (Å²) in [6.45, 7) is 2.36. The molecule has 4 rings (SSSR count). The molecule has 24 heavy (non-hydrogen) atoms. The highest BCUT2D eigenvalue weighted by Crippen LogP contribution is 2.44. The number of aliphatic hydroxyl groups is 1. The van der Waals surface area contributed by atoms with Crippen molar-refractivity contribution in [3.63, 3.8) is 0 Å². The van der Waals surface area contributed by atoms with Gasteiger partial charge in [-0.15, -0.1) is 0 Å². The predicted octanol–water partition coefficient (Wildman–Crippen LogP) is 4.19. The fourth-order valence-electron chi connectivity index (χ4n) is 4.79. The largest absolute Gasteiger partial charge is 0.380 e. The fraction of sp³-hybridized carbons (Fsp3) is 0.455. The topological polar surface area (TPSA) is 23.5 Å². The number of hydrogen-bond acceptors (Lipinski definition) is 2. The van der Waals surface area contributed by atoms with Crippen molar-refractivity contribution in [2.75, 3.05) is 13.1 Å². The number of fused-ring (bicyclic) bond motifs is 1. The molecule has 2 aliphatic rings. The van der Waals surface area contributed by atoms with E-state index >= 15 is 0 Å². The first-order valence-electron chi connectivity index (χ1n) is 9.36. The summed E-state index contributed by atoms with van der Waals surface area (Å²) in [6.07, 6.45) is 6.12. The summed E-state index contributed by atoms with van der Waals surface area (Å²) in [6, 6.07) is 21.2. The van der Waals surface area contributed by atoms with Crippen LogP contribution in [0.5, 0.6) is 0 Å². The number of piperidine rings is 2. The van der Waals surface area contributed by atoms with Gasteiger partial charge in [0.2, 0.25) is 0 Å². The lowest BCUT2D eigenvalue weighted by molar-refractivity contribution is -0.0379. The van der Waals surface area contributed by atoms with Crippen molar-refractivity contribution in [1.29, 1.82) is 0 Å². The Kier molecular flexibility index (Phi) is 4.43. The average molecular weight is 321 g/mol. The Hall–Kier alpha value is -1.64. The second-order valence-electron chi connectivity index (χ2n) is 7.41. The zero-order valence-electron chi connectivity index (χ0n) is 14.3. The molecule has 2 saturated heterocycles. The summed E-state index contributed by atoms with van der Waals surface area (Å²) in [5, 5.41) is 12.0. The van der Waals surface area contributed by atoms with Crippen LogP contribution in [0.25, 0.3) is 0 Å². The third-order valence-corrected chi connectivity index (χ3v) is 6.09. The SMILES string of the molecule is OC(c1ccccc1)(c1ccccc1)[C@@H]1CCN2CCCC[C@@H]2C1. The summed E-state index contributed by atoms with van der Waals surface area (Å²) >= 11 is 0. The lowest BCUT2D eigenvalue weighted by Gasteiger charge is -2.47. The maximum atomic E-state index is 12.0. The molecule has 0 saturated carbocycles. The molecule has 126 valence electrons. The zero-order valence-corrected chi connectivity index (χ0v) is 14.3. The maximum Gasteiger partial charge on any atom is 0.117 e. The van der Waals surface area contributed by atoms with Crippen LogP contribution >= 0.6 is 0 Å². The van der Waals surface area contributed by atoms with Gasteiger partial charge in [0.15, 0.2) is 0 Å². The summed E-state index contributed by atoms with van der Waals surface area (Å²) in [5.41, 5.74) is 1.18. The van der Waals surface area contributed by atoms with Gasteiger partial charge < -0.3 is 10.0 Å². The Labute approximate surface area is 145 Å². The van der Waals surface area contributed by atoms with Crippen molar-refractivity contribution in [3.8, 4) is 0 Å². The molecule has 2 nitrogen and oxygen atoms in total. The Balaban J connectivity index is 1.71. The number of benzene rings is 2. The van der Waals surface area contributed by atoms with Gasteiger partial charge in [0.05, 0.1) is 0 Å². The van der Waals surface area contributed by atoms with Crippen molar-refractivity contribution < 1.29 is 5.11 Å². The van der Waals surface area contributed by atoms with E-state index in [0.29, 0.717) is 6.04 Å². The van der Waals surface area contributed by atoms with Crippen LogP contribution < -0.4 is 0 Å². The van der Waals surface area contributed by atoms with Crippen molar-refractivity contribution in [1.82, 2.24) is 4.90 Å². The summed E-state index contributed by atoms with van der Waals surface area (Å²) in [4.78, 5) is 2.65. The third-order valence-electron chi connectivity index (χ3n) is 6.09. The molecular weight excluding hydrogens is 294 g/mol. The van der Waals surface area contributed by atoms with Gasteiger partial charge in [-0.2, -0.15) is 0 Å². The van der Waals surface area contributed by atoms with Gasteiger partial charge in [-0.3, -0.25) is 0 Å². The molecule has 2 atom stereocenters. The molecule has 0 bridgehead atoms. The van der Waals surface area contributed by atoms with Crippen LogP contribution in [-0.2, 0) is 5.60 Å². The highest BCUT2D eigenvalue weighted by molar-refractivity contribution is 5.37. The van der Waals surface area contributed by atoms with Gasteiger partial charge >= 0.3 is 0 Å². The second-order valence-corrected chi connectivity index (χ2v) is 7.41. The van der Waals surface area contributed by atoms with Crippen LogP contribution in [0, 0.1) is 5.92 Å². The van der Waals surface area contributed by atoms with Gasteiger partial charge in [0, 0.05) is 6.04 Å². The highest BCUT2D eigenvalue weighted by atomic mass is 16.3. The van der Waals surface area contributed by atoms with Gasteiger partial charge in [-0.05, 0) is 55.8 Å². The molecule has 2 aromatic rings. The number of rotatable bonds is 3. The van der Waals surface area contributed by atoms with Crippen LogP contribution in [0.3, 0.4) is 0 Å². The number of hydrogen-bond donors (Lipinski definition) is 1. The molecule has 2 heterocycles. The Morgan fingerprint density at radius 3 is 2.04 bits per heavy atom. The van der Waals surface area contributed by atoms with E-state index < -0.39 is 5.60 Å². The Morgan fingerprint density at radius 2 is 1.42 bits per heavy atom. The van der Waals surface area contributed by atoms with Gasteiger partial charge in [-0.25, -0.2) is 0 Å². The minimum Gasteiger partial charge on any atom is -0.380 e. The number of nitrogens with zero attached hydrogens (tertiary/aromatic N) is 1. The monoisotopic (exact) mass is 321 g/mol. The van der Waals surface area contributed by atoms with Gasteiger partial charge in [0.1, 0.15) is 5.60 Å². The average Bonchev–Trinajstić information content (AvgIpc) is 2.68. The standard InChI is InChI=1S/C22H27NO/c24-22(18-9-3-1-4-10-18,19-11-5-2-6-12-19)20-14-16-23-15-8-7-13-21(23)17-20/h1-6,9-12,20-21,24H,7-8,13-17H2/t20-,21-/m1/s1. The summed E-state index contributed by atoms with van der Waals surface area (Å²) in [5.74, 6) is 0.279. The maximum absolute atomic E-state index is 12.0. The Bertz CT molecular complexity index is 615. The van der Waals surface area contributed by atoms with Gasteiger partial charge in [0.25, 0.3) is 0 Å². The first-order chi connectivity index (χ1) is 11.8. The lowest BCUT2D eigenvalue weighted by atomic mass is 9.69. The van der Waals surface area contributed by atoms with Crippen LogP contribution in [0.1, 0.15) is 43.2 Å². The zero-order chi connectivity index (χ0) is 16.4. The van der Waals surface area contributed by atoms with E-state index in [2.05, 4.69) is 29.2 Å². The van der Waals surface area contributed by atoms with Crippen LogP contribution in [-0.4, -0.2) is 29.1 Å². The lowest BCUT2D eigenvalue weighted by Crippen LogP contribution is -2.50. The van der Waals surface area contributed by atoms with E-state index in [-0.39, 0.29) is 5.92 Å². The van der Waals surface area contributed by atoms with Gasteiger partial charge in [-0.1, -0.05) is 67.1 Å². The molecule has 0 radical (unpaired) electrons. The molecule has 2 heteroatoms. The minimum absolute atomic E-state index is 0.279. The normalized spacial score (nSPS) is 25.2. The fourth-order valence-corrected chi connectivity index (χ4v) is 4.79. The molecule has 0 amide bonds. The summed E-state index contributed by atoms with van der Waals surface area (Å²) in [7, 11) is 0. The molecule has 2 fully saturated rings. The molecule has 0 unspecified atom stereocenters. The van der Waals surface area contributed by atoms with Crippen LogP contribution in [0.4, 0.5) is 0 Å². The van der Waals surface area contributed by atoms with E-state index in [4.69, 9.17) is 0 Å². The predicted molar refractivity (Wildman–Crippen MR) is 97.8 cm³/mol. The second kappa shape index (κ2) is 6.70. The highest BCUT2D eigenvalue weighted by Gasteiger charge is 2.44. The molecule has 0 spiro atoms. The van der Waals surface area contributed by atoms with E-state index in [0.717, 1.165) is 30.5 Å². The molecule has 2 aromatic carbocycles. The van der Waals surface area contributed by atoms with Crippen LogP contribution in [0.15, 0.2) is 60.7 Å². The molecular formula is C22H27NO. The molecule has 2 aliphatic heterocycles. The van der Waals surface area contributed by atoms with Crippen molar-refractivity contribution in [3.05, 3.63) is 71.8 Å². The van der Waals surface area contributed by atoms with E-state index in [1.807, 2.05) is 36.4 Å².